The summed E-state index contributed by atoms with van der Waals surface area (Å²) in [7, 11) is 0. The average molecular weight is 383 g/mol. The largest absolute Gasteiger partial charge is 0.353 e. The van der Waals surface area contributed by atoms with Crippen molar-refractivity contribution in [3.05, 3.63) is 0 Å². The second kappa shape index (κ2) is 11.9. The first-order valence-electron chi connectivity index (χ1n) is 8.62. The van der Waals surface area contributed by atoms with E-state index in [2.05, 4.69) is 10.2 Å². The van der Waals surface area contributed by atoms with Crippen molar-refractivity contribution in [2.45, 2.75) is 45.1 Å². The monoisotopic (exact) mass is 382 g/mol. The summed E-state index contributed by atoms with van der Waals surface area (Å²) in [5.41, 5.74) is 5.51. The van der Waals surface area contributed by atoms with Crippen molar-refractivity contribution in [3.8, 4) is 0 Å². The molecule has 1 atom stereocenters. The highest BCUT2D eigenvalue weighted by Crippen LogP contribution is 2.25. The molecular weight excluding hydrogens is 351 g/mol. The van der Waals surface area contributed by atoms with Gasteiger partial charge in [0.05, 0.1) is 6.04 Å². The molecule has 6 nitrogen and oxygen atoms in total. The van der Waals surface area contributed by atoms with E-state index in [0.29, 0.717) is 12.5 Å². The van der Waals surface area contributed by atoms with Crippen LogP contribution in [0.4, 0.5) is 0 Å². The summed E-state index contributed by atoms with van der Waals surface area (Å²) in [6.45, 7) is 6.55. The Labute approximate surface area is 157 Å². The maximum Gasteiger partial charge on any atom is 0.236 e. The predicted molar refractivity (Wildman–Crippen MR) is 101 cm³/mol. The van der Waals surface area contributed by atoms with Crippen LogP contribution in [0.3, 0.4) is 0 Å². The van der Waals surface area contributed by atoms with Gasteiger partial charge in [-0.05, 0) is 19.8 Å². The topological polar surface area (TPSA) is 78.7 Å². The molecule has 0 bridgehead atoms. The van der Waals surface area contributed by atoms with E-state index >= 15 is 0 Å². The molecule has 1 heterocycles. The Morgan fingerprint density at radius 2 is 1.67 bits per heavy atom. The van der Waals surface area contributed by atoms with E-state index in [1.54, 1.807) is 6.92 Å². The molecule has 1 saturated heterocycles. The quantitative estimate of drug-likeness (QED) is 0.743. The van der Waals surface area contributed by atoms with E-state index in [9.17, 15) is 9.59 Å². The lowest BCUT2D eigenvalue weighted by Crippen LogP contribution is -2.52. The molecule has 0 unspecified atom stereocenters. The zero-order valence-electron chi connectivity index (χ0n) is 14.5. The van der Waals surface area contributed by atoms with E-state index < -0.39 is 6.04 Å². The van der Waals surface area contributed by atoms with Crippen LogP contribution in [0.5, 0.6) is 0 Å². The van der Waals surface area contributed by atoms with Crippen molar-refractivity contribution in [3.63, 3.8) is 0 Å². The number of piperazine rings is 1. The molecule has 1 saturated carbocycles. The second-order valence-electron chi connectivity index (χ2n) is 6.58. The Morgan fingerprint density at radius 1 is 1.08 bits per heavy atom. The van der Waals surface area contributed by atoms with Gasteiger partial charge in [-0.1, -0.05) is 19.3 Å². The predicted octanol–water partition coefficient (Wildman–Crippen LogP) is 1.02. The van der Waals surface area contributed by atoms with Crippen molar-refractivity contribution in [2.75, 3.05) is 39.3 Å². The summed E-state index contributed by atoms with van der Waals surface area (Å²) in [5, 5.41) is 2.83. The molecule has 2 fully saturated rings. The molecule has 0 aromatic carbocycles. The molecule has 0 aromatic rings. The smallest absolute Gasteiger partial charge is 0.236 e. The molecule has 0 aromatic heterocycles. The molecule has 8 heteroatoms. The summed E-state index contributed by atoms with van der Waals surface area (Å²) in [4.78, 5) is 28.2. The third kappa shape index (κ3) is 7.13. The lowest BCUT2D eigenvalue weighted by Gasteiger charge is -2.37. The highest BCUT2D eigenvalue weighted by atomic mass is 35.5. The van der Waals surface area contributed by atoms with Gasteiger partial charge in [-0.25, -0.2) is 0 Å². The lowest BCUT2D eigenvalue weighted by molar-refractivity contribution is -0.138. The number of amides is 2. The highest BCUT2D eigenvalue weighted by molar-refractivity contribution is 5.85. The lowest BCUT2D eigenvalue weighted by atomic mass is 9.88. The standard InChI is InChI=1S/C16H30N4O2.2ClH/c1-13(17)15(21)18-7-8-19-9-11-20(12-10-19)16(22)14-5-3-2-4-6-14;;/h13-14H,2-12,17H2,1H3,(H,18,21);2*1H/t13-;;/m1../s1. The first-order valence-corrected chi connectivity index (χ1v) is 8.62. The third-order valence-electron chi connectivity index (χ3n) is 4.78. The zero-order valence-corrected chi connectivity index (χ0v) is 16.2. The maximum atomic E-state index is 12.5. The summed E-state index contributed by atoms with van der Waals surface area (Å²) in [6, 6.07) is -0.454. The number of carbonyl (C=O) groups is 2. The van der Waals surface area contributed by atoms with Gasteiger partial charge in [-0.15, -0.1) is 24.8 Å². The van der Waals surface area contributed by atoms with Crippen molar-refractivity contribution in [1.82, 2.24) is 15.1 Å². The van der Waals surface area contributed by atoms with Crippen LogP contribution in [0, 0.1) is 5.92 Å². The van der Waals surface area contributed by atoms with Gasteiger partial charge in [0.15, 0.2) is 0 Å². The van der Waals surface area contributed by atoms with Crippen LogP contribution < -0.4 is 11.1 Å². The summed E-state index contributed by atoms with van der Waals surface area (Å²) < 4.78 is 0. The van der Waals surface area contributed by atoms with Crippen molar-refractivity contribution < 1.29 is 9.59 Å². The van der Waals surface area contributed by atoms with Crippen molar-refractivity contribution in [2.24, 2.45) is 11.7 Å². The molecule has 0 radical (unpaired) electrons. The number of rotatable bonds is 5. The highest BCUT2D eigenvalue weighted by Gasteiger charge is 2.28. The molecule has 1 aliphatic carbocycles. The van der Waals surface area contributed by atoms with Gasteiger partial charge in [0.2, 0.25) is 11.8 Å². The molecule has 2 aliphatic rings. The number of nitrogens with one attached hydrogen (secondary N) is 1. The second-order valence-corrected chi connectivity index (χ2v) is 6.58. The van der Waals surface area contributed by atoms with Gasteiger partial charge in [0.25, 0.3) is 0 Å². The number of halogens is 2. The third-order valence-corrected chi connectivity index (χ3v) is 4.78. The van der Waals surface area contributed by atoms with Gasteiger partial charge in [0, 0.05) is 45.2 Å². The van der Waals surface area contributed by atoms with Crippen LogP contribution in [-0.4, -0.2) is 66.9 Å². The summed E-state index contributed by atoms with van der Waals surface area (Å²) >= 11 is 0. The van der Waals surface area contributed by atoms with Crippen molar-refractivity contribution >= 4 is 36.6 Å². The summed E-state index contributed by atoms with van der Waals surface area (Å²) in [5.74, 6) is 0.529. The zero-order chi connectivity index (χ0) is 15.9. The van der Waals surface area contributed by atoms with Crippen LogP contribution in [-0.2, 0) is 9.59 Å². The van der Waals surface area contributed by atoms with Gasteiger partial charge in [-0.3, -0.25) is 14.5 Å². The molecule has 2 rings (SSSR count). The van der Waals surface area contributed by atoms with E-state index in [4.69, 9.17) is 5.73 Å². The Morgan fingerprint density at radius 3 is 2.21 bits per heavy atom. The number of hydrogen-bond acceptors (Lipinski definition) is 4. The Hall–Kier alpha value is -0.560. The molecule has 142 valence electrons. The number of nitrogens with zero attached hydrogens (tertiary/aromatic N) is 2. The minimum Gasteiger partial charge on any atom is -0.353 e. The maximum absolute atomic E-state index is 12.5. The van der Waals surface area contributed by atoms with Gasteiger partial charge >= 0.3 is 0 Å². The SMILES string of the molecule is C[C@@H](N)C(=O)NCCN1CCN(C(=O)C2CCCCC2)CC1.Cl.Cl. The molecule has 3 N–H and O–H groups in total. The molecule has 24 heavy (non-hydrogen) atoms. The Balaban J connectivity index is 0.00000264. The van der Waals surface area contributed by atoms with E-state index in [-0.39, 0.29) is 36.6 Å². The Bertz CT molecular complexity index is 382. The Kier molecular flexibility index (Phi) is 11.6. The fourth-order valence-corrected chi connectivity index (χ4v) is 3.30. The summed E-state index contributed by atoms with van der Waals surface area (Å²) in [6.07, 6.45) is 5.83. The minimum absolute atomic E-state index is 0. The van der Waals surface area contributed by atoms with E-state index in [1.165, 1.54) is 19.3 Å². The number of hydrogen-bond donors (Lipinski definition) is 2. The molecular formula is C16H32Cl2N4O2. The van der Waals surface area contributed by atoms with Crippen LogP contribution in [0.2, 0.25) is 0 Å². The minimum atomic E-state index is -0.454. The fourth-order valence-electron chi connectivity index (χ4n) is 3.30. The first-order chi connectivity index (χ1) is 10.6. The molecule has 0 spiro atoms. The first kappa shape index (κ1) is 23.4. The molecule has 1 aliphatic heterocycles. The molecule has 2 amide bonds. The van der Waals surface area contributed by atoms with E-state index in [1.807, 2.05) is 4.90 Å². The number of carbonyl (C=O) groups excluding carboxylic acids is 2. The van der Waals surface area contributed by atoms with Gasteiger partial charge in [-0.2, -0.15) is 0 Å². The number of nitrogens with two attached hydrogens (primary N) is 1. The normalized spacial score (nSPS) is 20.5. The van der Waals surface area contributed by atoms with Crippen molar-refractivity contribution in [1.29, 1.82) is 0 Å². The van der Waals surface area contributed by atoms with Gasteiger partial charge < -0.3 is 16.0 Å². The van der Waals surface area contributed by atoms with Crippen LogP contribution in [0.15, 0.2) is 0 Å². The van der Waals surface area contributed by atoms with Crippen LogP contribution >= 0.6 is 24.8 Å². The van der Waals surface area contributed by atoms with Gasteiger partial charge in [0.1, 0.15) is 0 Å². The fraction of sp³-hybridized carbons (Fsp3) is 0.875. The average Bonchev–Trinajstić information content (AvgIpc) is 2.55. The van der Waals surface area contributed by atoms with E-state index in [0.717, 1.165) is 45.6 Å². The van der Waals surface area contributed by atoms with Crippen LogP contribution in [0.25, 0.3) is 0 Å². The van der Waals surface area contributed by atoms with Crippen LogP contribution in [0.1, 0.15) is 39.0 Å².